The molecule has 2 N–H and O–H groups in total. The summed E-state index contributed by atoms with van der Waals surface area (Å²) < 4.78 is 6.92. The number of rotatable bonds is 7. The number of nitrogens with zero attached hydrogens (tertiary/aromatic N) is 2. The summed E-state index contributed by atoms with van der Waals surface area (Å²) in [5.74, 6) is -0.153. The Morgan fingerprint density at radius 3 is 2.46 bits per heavy atom. The summed E-state index contributed by atoms with van der Waals surface area (Å²) >= 11 is 0. The molecule has 152 valence electrons. The number of amides is 2. The lowest BCUT2D eigenvalue weighted by Crippen LogP contribution is -2.34. The molecule has 1 aromatic heterocycles. The summed E-state index contributed by atoms with van der Waals surface area (Å²) in [5.41, 5.74) is 1.88. The molecular weight excluding hydrogens is 356 g/mol. The molecule has 0 bridgehead atoms. The molecule has 0 unspecified atom stereocenters. The summed E-state index contributed by atoms with van der Waals surface area (Å²) in [6.07, 6.45) is 2.53. The van der Waals surface area contributed by atoms with E-state index in [2.05, 4.69) is 15.7 Å². The Bertz CT molecular complexity index is 794. The first-order chi connectivity index (χ1) is 13.2. The number of nitrogens with one attached hydrogen (secondary N) is 2. The Kier molecular flexibility index (Phi) is 7.20. The fourth-order valence-corrected chi connectivity index (χ4v) is 2.78. The number of alkyl carbamates (subject to hydrolysis) is 1. The number of ether oxygens (including phenoxy) is 1. The lowest BCUT2D eigenvalue weighted by atomic mass is 10.0. The van der Waals surface area contributed by atoms with Crippen LogP contribution >= 0.6 is 0 Å². The Morgan fingerprint density at radius 2 is 1.89 bits per heavy atom. The van der Waals surface area contributed by atoms with Crippen molar-refractivity contribution in [1.82, 2.24) is 20.4 Å². The first kappa shape index (κ1) is 21.5. The van der Waals surface area contributed by atoms with Gasteiger partial charge in [-0.1, -0.05) is 30.3 Å². The average Bonchev–Trinajstić information content (AvgIpc) is 2.96. The van der Waals surface area contributed by atoms with Crippen molar-refractivity contribution >= 4 is 12.0 Å². The van der Waals surface area contributed by atoms with Gasteiger partial charge in [-0.2, -0.15) is 5.10 Å². The predicted octanol–water partition coefficient (Wildman–Crippen LogP) is 3.50. The molecule has 1 atom stereocenters. The molecule has 0 saturated carbocycles. The molecule has 0 spiro atoms. The van der Waals surface area contributed by atoms with Crippen LogP contribution in [0.2, 0.25) is 0 Å². The van der Waals surface area contributed by atoms with Gasteiger partial charge in [-0.25, -0.2) is 4.79 Å². The second-order valence-corrected chi connectivity index (χ2v) is 7.77. The summed E-state index contributed by atoms with van der Waals surface area (Å²) in [7, 11) is 1.81. The van der Waals surface area contributed by atoms with Gasteiger partial charge < -0.3 is 15.4 Å². The van der Waals surface area contributed by atoms with Crippen LogP contribution < -0.4 is 10.6 Å². The highest BCUT2D eigenvalue weighted by atomic mass is 16.6. The van der Waals surface area contributed by atoms with Gasteiger partial charge in [-0.15, -0.1) is 0 Å². The molecule has 28 heavy (non-hydrogen) atoms. The van der Waals surface area contributed by atoms with Gasteiger partial charge >= 0.3 is 6.09 Å². The van der Waals surface area contributed by atoms with Crippen molar-refractivity contribution in [2.24, 2.45) is 7.05 Å². The molecule has 1 heterocycles. The third-order valence-corrected chi connectivity index (χ3v) is 4.32. The van der Waals surface area contributed by atoms with Crippen LogP contribution in [-0.2, 0) is 11.8 Å². The van der Waals surface area contributed by atoms with E-state index in [-0.39, 0.29) is 11.9 Å². The first-order valence-electron chi connectivity index (χ1n) is 9.48. The number of carbonyl (C=O) groups is 2. The number of hydrogen-bond acceptors (Lipinski definition) is 4. The van der Waals surface area contributed by atoms with Crippen LogP contribution in [-0.4, -0.2) is 33.9 Å². The van der Waals surface area contributed by atoms with Crippen LogP contribution in [0.5, 0.6) is 0 Å². The number of aryl methyl sites for hydroxylation is 1. The summed E-state index contributed by atoms with van der Waals surface area (Å²) in [6, 6.07) is 9.65. The van der Waals surface area contributed by atoms with Crippen LogP contribution in [0.4, 0.5) is 4.79 Å². The molecule has 0 saturated heterocycles. The minimum atomic E-state index is -0.522. The monoisotopic (exact) mass is 386 g/mol. The van der Waals surface area contributed by atoms with Gasteiger partial charge in [0.15, 0.2) is 0 Å². The number of carbonyl (C=O) groups excluding carboxylic acids is 2. The Hall–Kier alpha value is -2.83. The summed E-state index contributed by atoms with van der Waals surface area (Å²) in [6.45, 7) is 7.82. The second kappa shape index (κ2) is 9.39. The van der Waals surface area contributed by atoms with Gasteiger partial charge in [0.05, 0.1) is 17.8 Å². The zero-order valence-corrected chi connectivity index (χ0v) is 17.3. The van der Waals surface area contributed by atoms with Gasteiger partial charge in [0.2, 0.25) is 0 Å². The van der Waals surface area contributed by atoms with E-state index >= 15 is 0 Å². The molecule has 0 radical (unpaired) electrons. The van der Waals surface area contributed by atoms with E-state index < -0.39 is 11.7 Å². The normalized spacial score (nSPS) is 12.3. The van der Waals surface area contributed by atoms with E-state index in [1.165, 1.54) is 0 Å². The average molecular weight is 386 g/mol. The van der Waals surface area contributed by atoms with Crippen LogP contribution in [0.1, 0.15) is 61.3 Å². The second-order valence-electron chi connectivity index (χ2n) is 7.77. The molecule has 7 heteroatoms. The van der Waals surface area contributed by atoms with Crippen molar-refractivity contribution in [3.8, 4) is 0 Å². The number of aromatic nitrogens is 2. The Morgan fingerprint density at radius 1 is 1.21 bits per heavy atom. The minimum Gasteiger partial charge on any atom is -0.444 e. The smallest absolute Gasteiger partial charge is 0.407 e. The van der Waals surface area contributed by atoms with Gasteiger partial charge in [-0.3, -0.25) is 9.48 Å². The molecule has 0 aliphatic heterocycles. The standard InChI is InChI=1S/C21H30N4O3/c1-15-17(14-23-25(15)5)19(26)24-18(16-10-7-6-8-11-16)12-9-13-22-20(27)28-21(2,3)4/h6-8,10-11,14,18H,9,12-13H2,1-5H3,(H,22,27)(H,24,26)/t18-/m0/s1. The zero-order valence-electron chi connectivity index (χ0n) is 17.3. The van der Waals surface area contributed by atoms with E-state index in [1.807, 2.05) is 65.1 Å². The highest BCUT2D eigenvalue weighted by molar-refractivity contribution is 5.95. The van der Waals surface area contributed by atoms with Gasteiger partial charge in [0.1, 0.15) is 5.60 Å². The van der Waals surface area contributed by atoms with Crippen molar-refractivity contribution in [3.63, 3.8) is 0 Å². The fraction of sp³-hybridized carbons (Fsp3) is 0.476. The van der Waals surface area contributed by atoms with E-state index in [1.54, 1.807) is 10.9 Å². The van der Waals surface area contributed by atoms with Crippen molar-refractivity contribution in [2.45, 2.75) is 52.2 Å². The number of hydrogen-bond donors (Lipinski definition) is 2. The first-order valence-corrected chi connectivity index (χ1v) is 9.48. The van der Waals surface area contributed by atoms with Crippen LogP contribution in [0, 0.1) is 6.92 Å². The highest BCUT2D eigenvalue weighted by Crippen LogP contribution is 2.19. The molecular formula is C21H30N4O3. The van der Waals surface area contributed by atoms with E-state index in [0.29, 0.717) is 24.9 Å². The topological polar surface area (TPSA) is 85.2 Å². The third kappa shape index (κ3) is 6.40. The molecule has 2 aromatic rings. The van der Waals surface area contributed by atoms with Crippen LogP contribution in [0.15, 0.2) is 36.5 Å². The SMILES string of the molecule is Cc1c(C(=O)N[C@@H](CCCNC(=O)OC(C)(C)C)c2ccccc2)cnn1C. The van der Waals surface area contributed by atoms with Crippen LogP contribution in [0.3, 0.4) is 0 Å². The maximum atomic E-state index is 12.7. The largest absolute Gasteiger partial charge is 0.444 e. The van der Waals surface area contributed by atoms with E-state index in [4.69, 9.17) is 4.74 Å². The van der Waals surface area contributed by atoms with Crippen LogP contribution in [0.25, 0.3) is 0 Å². The van der Waals surface area contributed by atoms with Crippen molar-refractivity contribution < 1.29 is 14.3 Å². The molecule has 0 aliphatic rings. The maximum Gasteiger partial charge on any atom is 0.407 e. The molecule has 2 amide bonds. The maximum absolute atomic E-state index is 12.7. The lowest BCUT2D eigenvalue weighted by Gasteiger charge is -2.21. The molecule has 2 rings (SSSR count). The highest BCUT2D eigenvalue weighted by Gasteiger charge is 2.19. The number of benzene rings is 1. The fourth-order valence-electron chi connectivity index (χ4n) is 2.78. The predicted molar refractivity (Wildman–Crippen MR) is 108 cm³/mol. The summed E-state index contributed by atoms with van der Waals surface area (Å²) in [5, 5.41) is 9.99. The molecule has 0 aliphatic carbocycles. The van der Waals surface area contributed by atoms with Gasteiger partial charge in [0.25, 0.3) is 5.91 Å². The van der Waals surface area contributed by atoms with Crippen molar-refractivity contribution in [2.75, 3.05) is 6.54 Å². The Labute approximate surface area is 166 Å². The van der Waals surface area contributed by atoms with Crippen molar-refractivity contribution in [3.05, 3.63) is 53.3 Å². The third-order valence-electron chi connectivity index (χ3n) is 4.32. The quantitative estimate of drug-likeness (QED) is 0.713. The van der Waals surface area contributed by atoms with Crippen molar-refractivity contribution in [1.29, 1.82) is 0 Å². The molecule has 1 aromatic carbocycles. The lowest BCUT2D eigenvalue weighted by molar-refractivity contribution is 0.0526. The van der Waals surface area contributed by atoms with E-state index in [0.717, 1.165) is 11.3 Å². The Balaban J connectivity index is 1.96. The minimum absolute atomic E-state index is 0.153. The van der Waals surface area contributed by atoms with Gasteiger partial charge in [-0.05, 0) is 46.1 Å². The zero-order chi connectivity index (χ0) is 20.7. The van der Waals surface area contributed by atoms with E-state index in [9.17, 15) is 9.59 Å². The molecule has 0 fully saturated rings. The van der Waals surface area contributed by atoms with Gasteiger partial charge in [0, 0.05) is 19.3 Å². The molecule has 7 nitrogen and oxygen atoms in total. The summed E-state index contributed by atoms with van der Waals surface area (Å²) in [4.78, 5) is 24.5.